The third-order valence-electron chi connectivity index (χ3n) is 3.67. The highest BCUT2D eigenvalue weighted by molar-refractivity contribution is 6.30. The first kappa shape index (κ1) is 12.6. The van der Waals surface area contributed by atoms with Crippen LogP contribution < -0.4 is 5.32 Å². The van der Waals surface area contributed by atoms with Crippen LogP contribution in [0.15, 0.2) is 36.5 Å². The van der Waals surface area contributed by atoms with Gasteiger partial charge >= 0.3 is 0 Å². The van der Waals surface area contributed by atoms with Crippen LogP contribution in [0.5, 0.6) is 0 Å². The smallest absolute Gasteiger partial charge is 0.0408 e. The van der Waals surface area contributed by atoms with Crippen molar-refractivity contribution >= 4 is 11.6 Å². The molecule has 0 saturated carbocycles. The SMILES string of the molecule is Cc1ccc(CNC2Cc3ccc(Cl)cc3C2)cn1. The van der Waals surface area contributed by atoms with Crippen molar-refractivity contribution in [2.24, 2.45) is 0 Å². The van der Waals surface area contributed by atoms with Gasteiger partial charge < -0.3 is 5.32 Å². The molecule has 3 heteroatoms. The van der Waals surface area contributed by atoms with Crippen molar-refractivity contribution in [3.05, 3.63) is 63.9 Å². The predicted molar refractivity (Wildman–Crippen MR) is 78.5 cm³/mol. The Morgan fingerprint density at radius 2 is 2.05 bits per heavy atom. The summed E-state index contributed by atoms with van der Waals surface area (Å²) in [5.74, 6) is 0. The summed E-state index contributed by atoms with van der Waals surface area (Å²) in [6, 6.07) is 10.9. The molecule has 2 aromatic rings. The highest BCUT2D eigenvalue weighted by atomic mass is 35.5. The predicted octanol–water partition coefficient (Wildman–Crippen LogP) is 3.30. The first-order chi connectivity index (χ1) is 9.20. The Morgan fingerprint density at radius 3 is 2.84 bits per heavy atom. The van der Waals surface area contributed by atoms with Gasteiger partial charge in [-0.1, -0.05) is 23.7 Å². The van der Waals surface area contributed by atoms with Crippen molar-refractivity contribution in [2.75, 3.05) is 0 Å². The summed E-state index contributed by atoms with van der Waals surface area (Å²) >= 11 is 6.03. The summed E-state index contributed by atoms with van der Waals surface area (Å²) in [5.41, 5.74) is 5.10. The Hall–Kier alpha value is -1.38. The van der Waals surface area contributed by atoms with Crippen molar-refractivity contribution < 1.29 is 0 Å². The lowest BCUT2D eigenvalue weighted by molar-refractivity contribution is 0.532. The largest absolute Gasteiger partial charge is 0.309 e. The van der Waals surface area contributed by atoms with Crippen LogP contribution in [0.1, 0.15) is 22.4 Å². The maximum Gasteiger partial charge on any atom is 0.0408 e. The molecule has 0 spiro atoms. The normalized spacial score (nSPS) is 17.5. The van der Waals surface area contributed by atoms with E-state index in [4.69, 9.17) is 11.6 Å². The number of aromatic nitrogens is 1. The molecule has 1 atom stereocenters. The van der Waals surface area contributed by atoms with Crippen LogP contribution in [-0.2, 0) is 19.4 Å². The number of halogens is 1. The number of nitrogens with one attached hydrogen (secondary N) is 1. The van der Waals surface area contributed by atoms with E-state index in [1.54, 1.807) is 0 Å². The van der Waals surface area contributed by atoms with Gasteiger partial charge in [-0.25, -0.2) is 0 Å². The molecule has 0 amide bonds. The Morgan fingerprint density at radius 1 is 1.21 bits per heavy atom. The number of hydrogen-bond donors (Lipinski definition) is 1. The number of nitrogens with zero attached hydrogens (tertiary/aromatic N) is 1. The van der Waals surface area contributed by atoms with E-state index in [2.05, 4.69) is 34.6 Å². The van der Waals surface area contributed by atoms with Gasteiger partial charge in [-0.05, 0) is 54.7 Å². The van der Waals surface area contributed by atoms with E-state index >= 15 is 0 Å². The van der Waals surface area contributed by atoms with Gasteiger partial charge in [0.15, 0.2) is 0 Å². The zero-order valence-electron chi connectivity index (χ0n) is 11.0. The number of benzene rings is 1. The first-order valence-electron chi connectivity index (χ1n) is 6.63. The lowest BCUT2D eigenvalue weighted by atomic mass is 10.1. The third-order valence-corrected chi connectivity index (χ3v) is 3.90. The Labute approximate surface area is 118 Å². The highest BCUT2D eigenvalue weighted by Crippen LogP contribution is 2.25. The Balaban J connectivity index is 1.60. The lowest BCUT2D eigenvalue weighted by Gasteiger charge is -2.11. The van der Waals surface area contributed by atoms with Gasteiger partial charge in [-0.3, -0.25) is 4.98 Å². The van der Waals surface area contributed by atoms with E-state index in [1.165, 1.54) is 16.7 Å². The molecular formula is C16H17ClN2. The average molecular weight is 273 g/mol. The Bertz CT molecular complexity index is 578. The molecule has 3 rings (SSSR count). The fourth-order valence-electron chi connectivity index (χ4n) is 2.60. The molecule has 0 saturated heterocycles. The van der Waals surface area contributed by atoms with Crippen LogP contribution >= 0.6 is 11.6 Å². The van der Waals surface area contributed by atoms with Gasteiger partial charge in [-0.2, -0.15) is 0 Å². The molecule has 0 bridgehead atoms. The molecule has 1 aromatic carbocycles. The summed E-state index contributed by atoms with van der Waals surface area (Å²) in [6.45, 7) is 2.88. The van der Waals surface area contributed by atoms with Gasteiger partial charge in [-0.15, -0.1) is 0 Å². The second-order valence-electron chi connectivity index (χ2n) is 5.21. The van der Waals surface area contributed by atoms with Crippen LogP contribution in [0.25, 0.3) is 0 Å². The molecule has 1 aliphatic carbocycles. The van der Waals surface area contributed by atoms with E-state index in [0.29, 0.717) is 6.04 Å². The maximum atomic E-state index is 6.03. The minimum absolute atomic E-state index is 0.509. The summed E-state index contributed by atoms with van der Waals surface area (Å²) in [6.07, 6.45) is 4.10. The molecular weight excluding hydrogens is 256 g/mol. The van der Waals surface area contributed by atoms with Crippen molar-refractivity contribution in [1.29, 1.82) is 0 Å². The second-order valence-corrected chi connectivity index (χ2v) is 5.64. The highest BCUT2D eigenvalue weighted by Gasteiger charge is 2.20. The summed E-state index contributed by atoms with van der Waals surface area (Å²) in [4.78, 5) is 4.32. The van der Waals surface area contributed by atoms with E-state index in [9.17, 15) is 0 Å². The van der Waals surface area contributed by atoms with Crippen LogP contribution in [-0.4, -0.2) is 11.0 Å². The molecule has 1 aliphatic rings. The van der Waals surface area contributed by atoms with E-state index in [-0.39, 0.29) is 0 Å². The van der Waals surface area contributed by atoms with Gasteiger partial charge in [0, 0.05) is 29.5 Å². The second kappa shape index (κ2) is 5.32. The van der Waals surface area contributed by atoms with Crippen molar-refractivity contribution in [1.82, 2.24) is 10.3 Å². The minimum Gasteiger partial charge on any atom is -0.309 e. The lowest BCUT2D eigenvalue weighted by Crippen LogP contribution is -2.28. The number of fused-ring (bicyclic) bond motifs is 1. The molecule has 1 aromatic heterocycles. The van der Waals surface area contributed by atoms with Gasteiger partial charge in [0.1, 0.15) is 0 Å². The quantitative estimate of drug-likeness (QED) is 0.927. The number of rotatable bonds is 3. The molecule has 1 heterocycles. The summed E-state index contributed by atoms with van der Waals surface area (Å²) in [7, 11) is 0. The molecule has 0 fully saturated rings. The third kappa shape index (κ3) is 2.96. The van der Waals surface area contributed by atoms with Crippen LogP contribution in [0.3, 0.4) is 0 Å². The standard InChI is InChI=1S/C16H17ClN2/c1-11-2-3-12(9-18-11)10-19-16-7-13-4-5-15(17)6-14(13)8-16/h2-6,9,16,19H,7-8,10H2,1H3. The minimum atomic E-state index is 0.509. The number of hydrogen-bond acceptors (Lipinski definition) is 2. The average Bonchev–Trinajstić information content (AvgIpc) is 2.80. The molecule has 1 N–H and O–H groups in total. The molecule has 1 unspecified atom stereocenters. The van der Waals surface area contributed by atoms with Crippen molar-refractivity contribution in [3.63, 3.8) is 0 Å². The Kier molecular flexibility index (Phi) is 3.54. The van der Waals surface area contributed by atoms with Crippen LogP contribution in [0.4, 0.5) is 0 Å². The molecule has 19 heavy (non-hydrogen) atoms. The molecule has 98 valence electrons. The summed E-state index contributed by atoms with van der Waals surface area (Å²) in [5, 5.41) is 4.44. The number of pyridine rings is 1. The molecule has 2 nitrogen and oxygen atoms in total. The summed E-state index contributed by atoms with van der Waals surface area (Å²) < 4.78 is 0. The van der Waals surface area contributed by atoms with E-state index in [1.807, 2.05) is 19.2 Å². The van der Waals surface area contributed by atoms with Crippen molar-refractivity contribution in [3.8, 4) is 0 Å². The molecule has 0 aliphatic heterocycles. The van der Waals surface area contributed by atoms with Gasteiger partial charge in [0.05, 0.1) is 0 Å². The van der Waals surface area contributed by atoms with Crippen LogP contribution in [0, 0.1) is 6.92 Å². The monoisotopic (exact) mass is 272 g/mol. The first-order valence-corrected chi connectivity index (χ1v) is 7.01. The zero-order valence-corrected chi connectivity index (χ0v) is 11.7. The number of aryl methyl sites for hydroxylation is 1. The zero-order chi connectivity index (χ0) is 13.2. The van der Waals surface area contributed by atoms with E-state index in [0.717, 1.165) is 30.1 Å². The van der Waals surface area contributed by atoms with Gasteiger partial charge in [0.25, 0.3) is 0 Å². The molecule has 0 radical (unpaired) electrons. The van der Waals surface area contributed by atoms with Crippen LogP contribution in [0.2, 0.25) is 5.02 Å². The van der Waals surface area contributed by atoms with Gasteiger partial charge in [0.2, 0.25) is 0 Å². The maximum absolute atomic E-state index is 6.03. The van der Waals surface area contributed by atoms with E-state index < -0.39 is 0 Å². The topological polar surface area (TPSA) is 24.9 Å². The van der Waals surface area contributed by atoms with Crippen molar-refractivity contribution in [2.45, 2.75) is 32.4 Å². The fraction of sp³-hybridized carbons (Fsp3) is 0.312. The fourth-order valence-corrected chi connectivity index (χ4v) is 2.79.